The third kappa shape index (κ3) is 26.1. The van der Waals surface area contributed by atoms with Crippen molar-refractivity contribution in [2.45, 2.75) is 78.1 Å². The second-order valence-corrected chi connectivity index (χ2v) is 5.72. The first-order valence-electron chi connectivity index (χ1n) is 9.78. The van der Waals surface area contributed by atoms with Gasteiger partial charge in [0.05, 0.1) is 45.0 Å². The fraction of sp³-hybridized carbons (Fsp3) is 1.00. The zero-order valence-corrected chi connectivity index (χ0v) is 16.3. The van der Waals surface area contributed by atoms with Gasteiger partial charge in [0.2, 0.25) is 0 Å². The lowest BCUT2D eigenvalue weighted by molar-refractivity contribution is -0.527. The van der Waals surface area contributed by atoms with Crippen LogP contribution in [-0.2, 0) is 14.5 Å². The largest absolute Gasteiger partial charge is 0.394 e. The van der Waals surface area contributed by atoms with Crippen LogP contribution in [0.15, 0.2) is 0 Å². The van der Waals surface area contributed by atoms with Crippen molar-refractivity contribution in [2.24, 2.45) is 0 Å². The highest BCUT2D eigenvalue weighted by atomic mass is 17.2. The second kappa shape index (κ2) is 26.0. The number of hydrogen-bond donors (Lipinski definition) is 3. The van der Waals surface area contributed by atoms with Crippen LogP contribution in [0.1, 0.15) is 78.1 Å². The van der Waals surface area contributed by atoms with Crippen LogP contribution in [-0.4, -0.2) is 60.4 Å². The van der Waals surface area contributed by atoms with Crippen LogP contribution in [0.4, 0.5) is 0 Å². The molecule has 0 aliphatic heterocycles. The van der Waals surface area contributed by atoms with E-state index in [1.165, 1.54) is 64.2 Å². The maximum absolute atomic E-state index is 8.40. The molecular weight excluding hydrogens is 326 g/mol. The summed E-state index contributed by atoms with van der Waals surface area (Å²) in [6.45, 7) is 4.05. The average Bonchev–Trinajstić information content (AvgIpc) is 2.64. The summed E-state index contributed by atoms with van der Waals surface area (Å²) in [6.07, 6.45) is 14.4. The predicted molar refractivity (Wildman–Crippen MR) is 98.5 cm³/mol. The maximum Gasteiger partial charge on any atom is 0.0967 e. The molecule has 0 amide bonds. The minimum atomic E-state index is -0.179. The Balaban J connectivity index is 0. The van der Waals surface area contributed by atoms with E-state index >= 15 is 0 Å². The Morgan fingerprint density at radius 2 is 0.800 bits per heavy atom. The van der Waals surface area contributed by atoms with Gasteiger partial charge in [-0.05, 0) is 0 Å². The van der Waals surface area contributed by atoms with E-state index in [0.29, 0.717) is 5.39 Å². The molecule has 7 heteroatoms. The van der Waals surface area contributed by atoms with Gasteiger partial charge in [-0.15, -0.1) is 0 Å². The molecule has 0 saturated heterocycles. The van der Waals surface area contributed by atoms with Crippen LogP contribution in [0.25, 0.3) is 0 Å². The van der Waals surface area contributed by atoms with Gasteiger partial charge < -0.3 is 15.3 Å². The fourth-order valence-electron chi connectivity index (χ4n) is 2.02. The van der Waals surface area contributed by atoms with E-state index in [0.717, 1.165) is 0 Å². The van der Waals surface area contributed by atoms with Crippen molar-refractivity contribution in [1.29, 1.82) is 0 Å². The molecule has 7 nitrogen and oxygen atoms in total. The van der Waals surface area contributed by atoms with Crippen LogP contribution in [0, 0.1) is 0 Å². The highest BCUT2D eigenvalue weighted by molar-refractivity contribution is 4.45. The summed E-state index contributed by atoms with van der Waals surface area (Å²) in [6, 6.07) is 0. The summed E-state index contributed by atoms with van der Waals surface area (Å²) in [5, 5.41) is 25.9. The van der Waals surface area contributed by atoms with E-state index in [9.17, 15) is 0 Å². The minimum Gasteiger partial charge on any atom is -0.394 e. The molecule has 0 radical (unpaired) electrons. The van der Waals surface area contributed by atoms with Crippen molar-refractivity contribution in [3.63, 3.8) is 0 Å². The lowest BCUT2D eigenvalue weighted by Crippen LogP contribution is -2.28. The summed E-state index contributed by atoms with van der Waals surface area (Å²) >= 11 is 0. The molecule has 0 aromatic rings. The third-order valence-electron chi connectivity index (χ3n) is 3.32. The Labute approximate surface area is 153 Å². The fourth-order valence-corrected chi connectivity index (χ4v) is 2.02. The second-order valence-electron chi connectivity index (χ2n) is 5.72. The van der Waals surface area contributed by atoms with Crippen molar-refractivity contribution in [2.75, 3.05) is 39.6 Å². The summed E-state index contributed by atoms with van der Waals surface area (Å²) in [4.78, 5) is 14.1. The van der Waals surface area contributed by atoms with E-state index in [4.69, 9.17) is 29.8 Å². The SMILES string of the molecule is CCCCCCCCCCCC.OCCON(OCCO)OCCO. The zero-order valence-electron chi connectivity index (χ0n) is 16.3. The van der Waals surface area contributed by atoms with Crippen molar-refractivity contribution in [1.82, 2.24) is 5.39 Å². The van der Waals surface area contributed by atoms with Gasteiger partial charge in [-0.25, -0.2) is 14.5 Å². The molecule has 0 atom stereocenters. The van der Waals surface area contributed by atoms with E-state index in [1.54, 1.807) is 0 Å². The number of aliphatic hydroxyl groups is 3. The molecule has 0 aliphatic carbocycles. The predicted octanol–water partition coefficient (Wildman–Crippen LogP) is 2.99. The van der Waals surface area contributed by atoms with Gasteiger partial charge in [-0.1, -0.05) is 78.1 Å². The molecule has 0 heterocycles. The van der Waals surface area contributed by atoms with Gasteiger partial charge in [-0.2, -0.15) is 0 Å². The first-order valence-corrected chi connectivity index (χ1v) is 9.78. The average molecular weight is 368 g/mol. The minimum absolute atomic E-state index is 0.0108. The van der Waals surface area contributed by atoms with E-state index in [2.05, 4.69) is 13.8 Å². The van der Waals surface area contributed by atoms with E-state index < -0.39 is 0 Å². The molecule has 154 valence electrons. The molecule has 3 N–H and O–H groups in total. The maximum atomic E-state index is 8.40. The molecule has 0 bridgehead atoms. The molecule has 0 aromatic carbocycles. The Morgan fingerprint density at radius 3 is 1.04 bits per heavy atom. The van der Waals surface area contributed by atoms with Gasteiger partial charge >= 0.3 is 0 Å². The third-order valence-corrected chi connectivity index (χ3v) is 3.32. The molecule has 0 aliphatic rings. The first kappa shape index (κ1) is 26.9. The number of aliphatic hydroxyl groups excluding tert-OH is 3. The molecule has 0 saturated carbocycles. The highest BCUT2D eigenvalue weighted by Crippen LogP contribution is 2.09. The van der Waals surface area contributed by atoms with Gasteiger partial charge in [0.1, 0.15) is 0 Å². The van der Waals surface area contributed by atoms with Gasteiger partial charge in [-0.3, -0.25) is 0 Å². The van der Waals surface area contributed by atoms with Gasteiger partial charge in [0.25, 0.3) is 0 Å². The number of hydrogen-bond acceptors (Lipinski definition) is 7. The summed E-state index contributed by atoms with van der Waals surface area (Å²) in [5.41, 5.74) is 0. The molecule has 0 aromatic heterocycles. The summed E-state index contributed by atoms with van der Waals surface area (Å²) in [7, 11) is 0. The van der Waals surface area contributed by atoms with Crippen molar-refractivity contribution >= 4 is 0 Å². The van der Waals surface area contributed by atoms with E-state index in [1.807, 2.05) is 0 Å². The first-order chi connectivity index (χ1) is 12.3. The molecule has 0 spiro atoms. The lowest BCUT2D eigenvalue weighted by atomic mass is 10.1. The molecule has 25 heavy (non-hydrogen) atoms. The monoisotopic (exact) mass is 367 g/mol. The number of unbranched alkanes of at least 4 members (excludes halogenated alkanes) is 9. The van der Waals surface area contributed by atoms with Crippen molar-refractivity contribution in [3.05, 3.63) is 0 Å². The van der Waals surface area contributed by atoms with Crippen LogP contribution in [0.5, 0.6) is 0 Å². The zero-order chi connectivity index (χ0) is 19.0. The topological polar surface area (TPSA) is 91.6 Å². The molecular formula is C18H41NO6. The smallest absolute Gasteiger partial charge is 0.0967 e. The Bertz CT molecular complexity index is 193. The van der Waals surface area contributed by atoms with E-state index in [-0.39, 0.29) is 39.6 Å². The van der Waals surface area contributed by atoms with Gasteiger partial charge in [0.15, 0.2) is 0 Å². The Kier molecular flexibility index (Phi) is 28.0. The standard InChI is InChI=1S/C12H26.C6H15NO6/c1-3-5-7-9-11-12-10-8-6-4-2;8-1-4-11-7(12-5-2-9)13-6-3-10/h3-12H2,1-2H3;8-10H,1-6H2. The Hall–Kier alpha value is -0.280. The van der Waals surface area contributed by atoms with Crippen LogP contribution < -0.4 is 0 Å². The van der Waals surface area contributed by atoms with Crippen molar-refractivity contribution < 1.29 is 29.8 Å². The quantitative estimate of drug-likeness (QED) is 0.253. The number of rotatable bonds is 18. The summed E-state index contributed by atoms with van der Waals surface area (Å²) < 4.78 is 0. The summed E-state index contributed by atoms with van der Waals surface area (Å²) in [5.74, 6) is 0. The highest BCUT2D eigenvalue weighted by Gasteiger charge is 2.05. The molecule has 0 rings (SSSR count). The van der Waals surface area contributed by atoms with Gasteiger partial charge in [0, 0.05) is 0 Å². The van der Waals surface area contributed by atoms with Crippen LogP contribution in [0.2, 0.25) is 0 Å². The van der Waals surface area contributed by atoms with Crippen LogP contribution >= 0.6 is 0 Å². The van der Waals surface area contributed by atoms with Crippen LogP contribution in [0.3, 0.4) is 0 Å². The molecule has 0 unspecified atom stereocenters. The van der Waals surface area contributed by atoms with Crippen molar-refractivity contribution in [3.8, 4) is 0 Å². The number of nitrogens with zero attached hydrogens (tertiary/aromatic N) is 1. The molecule has 0 fully saturated rings. The Morgan fingerprint density at radius 1 is 0.520 bits per heavy atom. The normalized spacial score (nSPS) is 10.8. The lowest BCUT2D eigenvalue weighted by Gasteiger charge is -2.17.